The molecule has 0 bridgehead atoms. The highest BCUT2D eigenvalue weighted by atomic mass is 79.9. The molecular weight excluding hydrogens is 264 g/mol. The van der Waals surface area contributed by atoms with Crippen LogP contribution in [0.2, 0.25) is 0 Å². The first kappa shape index (κ1) is 11.3. The van der Waals surface area contributed by atoms with Gasteiger partial charge >= 0.3 is 0 Å². The summed E-state index contributed by atoms with van der Waals surface area (Å²) >= 11 is 3.66. The summed E-state index contributed by atoms with van der Waals surface area (Å²) in [5.41, 5.74) is 3.47. The highest BCUT2D eigenvalue weighted by molar-refractivity contribution is 9.09. The third kappa shape index (κ3) is 2.89. The van der Waals surface area contributed by atoms with Gasteiger partial charge < -0.3 is 0 Å². The van der Waals surface area contributed by atoms with Crippen molar-refractivity contribution in [3.63, 3.8) is 0 Å². The minimum absolute atomic E-state index is 0.274. The molecular formula is C13H13BrN2. The lowest BCUT2D eigenvalue weighted by Gasteiger charge is -2.08. The largest absolute Gasteiger partial charge is 0.264 e. The molecule has 0 aromatic carbocycles. The van der Waals surface area contributed by atoms with Gasteiger partial charge in [0.15, 0.2) is 0 Å². The average Bonchev–Trinajstić information content (AvgIpc) is 2.33. The monoisotopic (exact) mass is 276 g/mol. The molecule has 2 aromatic heterocycles. The standard InChI is InChI=1S/C13H13BrN2/c1-10-4-5-12(16-8-10)7-13(14)11-3-2-6-15-9-11/h2-6,8-9,13H,7H2,1H3. The van der Waals surface area contributed by atoms with Crippen LogP contribution in [0.4, 0.5) is 0 Å². The number of aromatic nitrogens is 2. The second kappa shape index (κ2) is 5.21. The van der Waals surface area contributed by atoms with Gasteiger partial charge in [0.05, 0.1) is 0 Å². The Kier molecular flexibility index (Phi) is 3.67. The fraction of sp³-hybridized carbons (Fsp3) is 0.231. The van der Waals surface area contributed by atoms with E-state index >= 15 is 0 Å². The smallest absolute Gasteiger partial charge is 0.0465 e. The van der Waals surface area contributed by atoms with Crippen molar-refractivity contribution >= 4 is 15.9 Å². The normalized spacial score (nSPS) is 12.4. The number of aryl methyl sites for hydroxylation is 1. The van der Waals surface area contributed by atoms with Crippen molar-refractivity contribution in [2.24, 2.45) is 0 Å². The van der Waals surface area contributed by atoms with E-state index in [9.17, 15) is 0 Å². The first-order valence-electron chi connectivity index (χ1n) is 5.21. The number of halogens is 1. The highest BCUT2D eigenvalue weighted by Gasteiger charge is 2.08. The number of hydrogen-bond acceptors (Lipinski definition) is 2. The van der Waals surface area contributed by atoms with Crippen molar-refractivity contribution in [1.29, 1.82) is 0 Å². The molecule has 2 aromatic rings. The summed E-state index contributed by atoms with van der Waals surface area (Å²) in [5.74, 6) is 0. The fourth-order valence-corrected chi connectivity index (χ4v) is 2.08. The quantitative estimate of drug-likeness (QED) is 0.803. The Morgan fingerprint density at radius 3 is 2.75 bits per heavy atom. The third-order valence-electron chi connectivity index (χ3n) is 2.41. The van der Waals surface area contributed by atoms with Gasteiger partial charge in [0, 0.05) is 35.5 Å². The van der Waals surface area contributed by atoms with Gasteiger partial charge in [-0.3, -0.25) is 9.97 Å². The maximum absolute atomic E-state index is 4.39. The fourth-order valence-electron chi connectivity index (χ4n) is 1.48. The van der Waals surface area contributed by atoms with E-state index in [-0.39, 0.29) is 4.83 Å². The lowest BCUT2D eigenvalue weighted by Crippen LogP contribution is -1.98. The van der Waals surface area contributed by atoms with Crippen molar-refractivity contribution in [3.05, 3.63) is 59.7 Å². The zero-order valence-electron chi connectivity index (χ0n) is 9.10. The molecule has 0 saturated carbocycles. The van der Waals surface area contributed by atoms with Crippen molar-refractivity contribution < 1.29 is 0 Å². The molecule has 0 spiro atoms. The zero-order chi connectivity index (χ0) is 11.4. The van der Waals surface area contributed by atoms with E-state index in [1.165, 1.54) is 11.1 Å². The van der Waals surface area contributed by atoms with E-state index in [4.69, 9.17) is 0 Å². The molecule has 0 radical (unpaired) electrons. The molecule has 1 unspecified atom stereocenters. The molecule has 0 aliphatic heterocycles. The average molecular weight is 277 g/mol. The minimum Gasteiger partial charge on any atom is -0.264 e. The van der Waals surface area contributed by atoms with E-state index < -0.39 is 0 Å². The van der Waals surface area contributed by atoms with E-state index in [0.29, 0.717) is 0 Å². The first-order chi connectivity index (χ1) is 7.75. The SMILES string of the molecule is Cc1ccc(CC(Br)c2cccnc2)nc1. The summed E-state index contributed by atoms with van der Waals surface area (Å²) in [6.07, 6.45) is 6.45. The molecule has 1 atom stereocenters. The van der Waals surface area contributed by atoms with Crippen LogP contribution in [0.1, 0.15) is 21.6 Å². The molecule has 2 heterocycles. The molecule has 16 heavy (non-hydrogen) atoms. The Morgan fingerprint density at radius 1 is 1.25 bits per heavy atom. The Morgan fingerprint density at radius 2 is 2.12 bits per heavy atom. The molecule has 0 N–H and O–H groups in total. The van der Waals surface area contributed by atoms with Crippen LogP contribution in [0.3, 0.4) is 0 Å². The van der Waals surface area contributed by atoms with Gasteiger partial charge in [-0.1, -0.05) is 28.1 Å². The Labute approximate surface area is 104 Å². The van der Waals surface area contributed by atoms with Crippen LogP contribution in [0.25, 0.3) is 0 Å². The number of hydrogen-bond donors (Lipinski definition) is 0. The van der Waals surface area contributed by atoms with Gasteiger partial charge in [-0.2, -0.15) is 0 Å². The van der Waals surface area contributed by atoms with Crippen molar-refractivity contribution in [1.82, 2.24) is 9.97 Å². The summed E-state index contributed by atoms with van der Waals surface area (Å²) in [4.78, 5) is 8.78. The van der Waals surface area contributed by atoms with Crippen LogP contribution in [-0.2, 0) is 6.42 Å². The summed E-state index contributed by atoms with van der Waals surface area (Å²) in [5, 5.41) is 0. The Balaban J connectivity index is 2.08. The van der Waals surface area contributed by atoms with Gasteiger partial charge in [0.1, 0.15) is 0 Å². The number of nitrogens with zero attached hydrogens (tertiary/aromatic N) is 2. The van der Waals surface area contributed by atoms with E-state index in [2.05, 4.69) is 44.1 Å². The molecule has 2 nitrogen and oxygen atoms in total. The Hall–Kier alpha value is -1.22. The van der Waals surface area contributed by atoms with Crippen molar-refractivity contribution in [3.8, 4) is 0 Å². The summed E-state index contributed by atoms with van der Waals surface area (Å²) in [6, 6.07) is 8.18. The van der Waals surface area contributed by atoms with E-state index in [1.54, 1.807) is 6.20 Å². The molecule has 0 fully saturated rings. The first-order valence-corrected chi connectivity index (χ1v) is 6.13. The lowest BCUT2D eigenvalue weighted by molar-refractivity contribution is 0.896. The van der Waals surface area contributed by atoms with Crippen molar-refractivity contribution in [2.75, 3.05) is 0 Å². The number of alkyl halides is 1. The number of rotatable bonds is 3. The van der Waals surface area contributed by atoms with Crippen LogP contribution in [0.15, 0.2) is 42.9 Å². The minimum atomic E-state index is 0.274. The summed E-state index contributed by atoms with van der Waals surface area (Å²) in [6.45, 7) is 2.05. The van der Waals surface area contributed by atoms with Gasteiger partial charge in [0.25, 0.3) is 0 Å². The predicted molar refractivity (Wildman–Crippen MR) is 68.6 cm³/mol. The summed E-state index contributed by atoms with van der Waals surface area (Å²) < 4.78 is 0. The van der Waals surface area contributed by atoms with Gasteiger partial charge in [0.2, 0.25) is 0 Å². The van der Waals surface area contributed by atoms with Crippen LogP contribution < -0.4 is 0 Å². The summed E-state index contributed by atoms with van der Waals surface area (Å²) in [7, 11) is 0. The van der Waals surface area contributed by atoms with E-state index in [0.717, 1.165) is 12.1 Å². The Bertz CT molecular complexity index is 439. The second-order valence-corrected chi connectivity index (χ2v) is 4.89. The van der Waals surface area contributed by atoms with Crippen LogP contribution in [0.5, 0.6) is 0 Å². The molecule has 0 aliphatic carbocycles. The molecule has 3 heteroatoms. The predicted octanol–water partition coefficient (Wildman–Crippen LogP) is 3.46. The molecule has 2 rings (SSSR count). The van der Waals surface area contributed by atoms with Crippen LogP contribution in [-0.4, -0.2) is 9.97 Å². The highest BCUT2D eigenvalue weighted by Crippen LogP contribution is 2.25. The van der Waals surface area contributed by atoms with Crippen LogP contribution >= 0.6 is 15.9 Å². The van der Waals surface area contributed by atoms with Gasteiger partial charge in [-0.25, -0.2) is 0 Å². The topological polar surface area (TPSA) is 25.8 Å². The molecule has 0 amide bonds. The van der Waals surface area contributed by atoms with E-state index in [1.807, 2.05) is 25.4 Å². The molecule has 0 aliphatic rings. The number of pyridine rings is 2. The van der Waals surface area contributed by atoms with Crippen LogP contribution in [0, 0.1) is 6.92 Å². The maximum atomic E-state index is 4.39. The lowest BCUT2D eigenvalue weighted by atomic mass is 10.1. The van der Waals surface area contributed by atoms with Gasteiger partial charge in [-0.05, 0) is 30.2 Å². The maximum Gasteiger partial charge on any atom is 0.0465 e. The second-order valence-electron chi connectivity index (χ2n) is 3.78. The van der Waals surface area contributed by atoms with Gasteiger partial charge in [-0.15, -0.1) is 0 Å². The van der Waals surface area contributed by atoms with Crippen molar-refractivity contribution in [2.45, 2.75) is 18.2 Å². The third-order valence-corrected chi connectivity index (χ3v) is 3.26. The zero-order valence-corrected chi connectivity index (χ0v) is 10.7. The molecule has 0 saturated heterocycles. The molecule has 82 valence electrons.